The molecule has 110 valence electrons. The third kappa shape index (κ3) is 5.42. The van der Waals surface area contributed by atoms with E-state index in [2.05, 4.69) is 33.5 Å². The lowest BCUT2D eigenvalue weighted by molar-refractivity contribution is 0.0698. The Morgan fingerprint density at radius 1 is 1.45 bits per heavy atom. The normalized spacial score (nSPS) is 11.8. The van der Waals surface area contributed by atoms with Crippen molar-refractivity contribution in [3.8, 4) is 0 Å². The van der Waals surface area contributed by atoms with Crippen LogP contribution < -0.4 is 10.6 Å². The number of rotatable bonds is 6. The highest BCUT2D eigenvalue weighted by Gasteiger charge is 2.14. The summed E-state index contributed by atoms with van der Waals surface area (Å²) in [6.07, 6.45) is 0. The monoisotopic (exact) mass is 360 g/mol. The molecule has 7 heteroatoms. The third-order valence-electron chi connectivity index (χ3n) is 2.41. The van der Waals surface area contributed by atoms with Gasteiger partial charge < -0.3 is 15.7 Å². The first-order chi connectivity index (χ1) is 9.43. The van der Waals surface area contributed by atoms with Crippen molar-refractivity contribution >= 4 is 45.4 Å². The van der Waals surface area contributed by atoms with E-state index in [1.54, 1.807) is 23.9 Å². The van der Waals surface area contributed by atoms with Crippen LogP contribution in [-0.4, -0.2) is 34.7 Å². The number of hydrogen-bond donors (Lipinski definition) is 3. The highest BCUT2D eigenvalue weighted by molar-refractivity contribution is 9.10. The SMILES string of the molecule is CCSCC(C)NC(=O)Nc1ccc(Br)cc1C(=O)O. The molecule has 1 atom stereocenters. The number of carboxylic acids is 1. The summed E-state index contributed by atoms with van der Waals surface area (Å²) < 4.78 is 0.647. The van der Waals surface area contributed by atoms with E-state index in [9.17, 15) is 9.59 Å². The fourth-order valence-corrected chi connectivity index (χ4v) is 2.55. The van der Waals surface area contributed by atoms with Gasteiger partial charge in [0.2, 0.25) is 0 Å². The zero-order chi connectivity index (χ0) is 15.1. The Hall–Kier alpha value is -1.21. The first-order valence-electron chi connectivity index (χ1n) is 6.12. The van der Waals surface area contributed by atoms with Crippen LogP contribution in [0.3, 0.4) is 0 Å². The number of urea groups is 1. The molecule has 0 saturated heterocycles. The molecule has 20 heavy (non-hydrogen) atoms. The van der Waals surface area contributed by atoms with Crippen LogP contribution in [0, 0.1) is 0 Å². The Kier molecular flexibility index (Phi) is 6.87. The van der Waals surface area contributed by atoms with Crippen LogP contribution in [0.5, 0.6) is 0 Å². The van der Waals surface area contributed by atoms with Crippen molar-refractivity contribution in [2.75, 3.05) is 16.8 Å². The number of hydrogen-bond acceptors (Lipinski definition) is 3. The number of halogens is 1. The third-order valence-corrected chi connectivity index (χ3v) is 4.05. The summed E-state index contributed by atoms with van der Waals surface area (Å²) in [5.41, 5.74) is 0.318. The number of benzene rings is 1. The Balaban J connectivity index is 2.68. The van der Waals surface area contributed by atoms with Crippen molar-refractivity contribution in [2.24, 2.45) is 0 Å². The van der Waals surface area contributed by atoms with E-state index in [4.69, 9.17) is 5.11 Å². The molecule has 0 aliphatic rings. The van der Waals surface area contributed by atoms with Crippen molar-refractivity contribution in [1.29, 1.82) is 0 Å². The molecule has 0 aliphatic carbocycles. The lowest BCUT2D eigenvalue weighted by atomic mass is 10.2. The summed E-state index contributed by atoms with van der Waals surface area (Å²) in [5, 5.41) is 14.4. The van der Waals surface area contributed by atoms with Crippen LogP contribution in [0.1, 0.15) is 24.2 Å². The predicted molar refractivity (Wildman–Crippen MR) is 85.7 cm³/mol. The van der Waals surface area contributed by atoms with Crippen LogP contribution in [0.4, 0.5) is 10.5 Å². The van der Waals surface area contributed by atoms with Crippen LogP contribution in [0.25, 0.3) is 0 Å². The van der Waals surface area contributed by atoms with Crippen LogP contribution in [0.2, 0.25) is 0 Å². The molecule has 0 heterocycles. The quantitative estimate of drug-likeness (QED) is 0.726. The summed E-state index contributed by atoms with van der Waals surface area (Å²) in [6.45, 7) is 3.96. The number of thioether (sulfide) groups is 1. The van der Waals surface area contributed by atoms with Gasteiger partial charge in [-0.15, -0.1) is 0 Å². The van der Waals surface area contributed by atoms with Crippen molar-refractivity contribution in [2.45, 2.75) is 19.9 Å². The average Bonchev–Trinajstić information content (AvgIpc) is 2.38. The second kappa shape index (κ2) is 8.16. The molecule has 2 amide bonds. The van der Waals surface area contributed by atoms with Gasteiger partial charge in [0.15, 0.2) is 0 Å². The van der Waals surface area contributed by atoms with Gasteiger partial charge in [-0.2, -0.15) is 11.8 Å². The zero-order valence-electron chi connectivity index (χ0n) is 11.3. The summed E-state index contributed by atoms with van der Waals surface area (Å²) >= 11 is 4.94. The Bertz CT molecular complexity index is 497. The standard InChI is InChI=1S/C13H17BrN2O3S/c1-3-20-7-8(2)15-13(19)16-11-5-4-9(14)6-10(11)12(17)18/h4-6,8H,3,7H2,1-2H3,(H,17,18)(H2,15,16,19). The number of carbonyl (C=O) groups excluding carboxylic acids is 1. The molecule has 1 rings (SSSR count). The minimum Gasteiger partial charge on any atom is -0.478 e. The zero-order valence-corrected chi connectivity index (χ0v) is 13.7. The minimum atomic E-state index is -1.09. The molecular formula is C13H17BrN2O3S. The summed E-state index contributed by atoms with van der Waals surface area (Å²) in [4.78, 5) is 22.9. The van der Waals surface area contributed by atoms with Gasteiger partial charge in [-0.1, -0.05) is 22.9 Å². The fraction of sp³-hybridized carbons (Fsp3) is 0.385. The lowest BCUT2D eigenvalue weighted by Crippen LogP contribution is -2.37. The predicted octanol–water partition coefficient (Wildman–Crippen LogP) is 3.41. The molecular weight excluding hydrogens is 344 g/mol. The number of aromatic carboxylic acids is 1. The highest BCUT2D eigenvalue weighted by Crippen LogP contribution is 2.21. The Labute approximate surface area is 130 Å². The maximum absolute atomic E-state index is 11.8. The van der Waals surface area contributed by atoms with E-state index in [-0.39, 0.29) is 17.3 Å². The molecule has 0 fully saturated rings. The van der Waals surface area contributed by atoms with E-state index in [0.717, 1.165) is 11.5 Å². The number of amides is 2. The molecule has 1 unspecified atom stereocenters. The molecule has 1 aromatic rings. The molecule has 0 aromatic heterocycles. The molecule has 0 bridgehead atoms. The van der Waals surface area contributed by atoms with Crippen LogP contribution >= 0.6 is 27.7 Å². The van der Waals surface area contributed by atoms with Crippen molar-refractivity contribution < 1.29 is 14.7 Å². The molecule has 0 aliphatic heterocycles. The highest BCUT2D eigenvalue weighted by atomic mass is 79.9. The molecule has 1 aromatic carbocycles. The Morgan fingerprint density at radius 3 is 2.75 bits per heavy atom. The van der Waals surface area contributed by atoms with Gasteiger partial charge in [0, 0.05) is 16.3 Å². The first kappa shape index (κ1) is 16.8. The number of carbonyl (C=O) groups is 2. The topological polar surface area (TPSA) is 78.4 Å². The summed E-state index contributed by atoms with van der Waals surface area (Å²) in [7, 11) is 0. The van der Waals surface area contributed by atoms with E-state index < -0.39 is 12.0 Å². The number of carboxylic acid groups (broad SMARTS) is 1. The summed E-state index contributed by atoms with van der Waals surface area (Å²) in [6, 6.07) is 4.30. The minimum absolute atomic E-state index is 0.0173. The van der Waals surface area contributed by atoms with Gasteiger partial charge in [0.05, 0.1) is 11.3 Å². The second-order valence-electron chi connectivity index (χ2n) is 4.15. The lowest BCUT2D eigenvalue weighted by Gasteiger charge is -2.15. The van der Waals surface area contributed by atoms with Crippen molar-refractivity contribution in [3.63, 3.8) is 0 Å². The first-order valence-corrected chi connectivity index (χ1v) is 8.07. The summed E-state index contributed by atoms with van der Waals surface area (Å²) in [5.74, 6) is 0.718. The van der Waals surface area contributed by atoms with Crippen LogP contribution in [-0.2, 0) is 0 Å². The fourth-order valence-electron chi connectivity index (χ4n) is 1.52. The van der Waals surface area contributed by atoms with Gasteiger partial charge in [0.1, 0.15) is 0 Å². The van der Waals surface area contributed by atoms with Gasteiger partial charge in [-0.3, -0.25) is 0 Å². The maximum Gasteiger partial charge on any atom is 0.337 e. The van der Waals surface area contributed by atoms with E-state index in [1.807, 2.05) is 6.92 Å². The number of nitrogens with one attached hydrogen (secondary N) is 2. The Morgan fingerprint density at radius 2 is 2.15 bits per heavy atom. The average molecular weight is 361 g/mol. The van der Waals surface area contributed by atoms with E-state index in [0.29, 0.717) is 4.47 Å². The molecule has 3 N–H and O–H groups in total. The van der Waals surface area contributed by atoms with E-state index >= 15 is 0 Å². The second-order valence-corrected chi connectivity index (χ2v) is 6.39. The molecule has 0 saturated carbocycles. The number of anilines is 1. The molecule has 0 radical (unpaired) electrons. The van der Waals surface area contributed by atoms with Gasteiger partial charge in [0.25, 0.3) is 0 Å². The van der Waals surface area contributed by atoms with Gasteiger partial charge in [-0.25, -0.2) is 9.59 Å². The van der Waals surface area contributed by atoms with Gasteiger partial charge >= 0.3 is 12.0 Å². The maximum atomic E-state index is 11.8. The largest absolute Gasteiger partial charge is 0.478 e. The molecule has 5 nitrogen and oxygen atoms in total. The molecule has 0 spiro atoms. The van der Waals surface area contributed by atoms with Crippen molar-refractivity contribution in [3.05, 3.63) is 28.2 Å². The van der Waals surface area contributed by atoms with Crippen molar-refractivity contribution in [1.82, 2.24) is 5.32 Å². The van der Waals surface area contributed by atoms with Crippen LogP contribution in [0.15, 0.2) is 22.7 Å². The van der Waals surface area contributed by atoms with Gasteiger partial charge in [-0.05, 0) is 30.9 Å². The van der Waals surface area contributed by atoms with E-state index in [1.165, 1.54) is 6.07 Å². The smallest absolute Gasteiger partial charge is 0.337 e.